The number of benzene rings is 2. The summed E-state index contributed by atoms with van der Waals surface area (Å²) in [5.74, 6) is 0. The van der Waals surface area contributed by atoms with E-state index in [2.05, 4.69) is 93.6 Å². The molecule has 0 bridgehead atoms. The van der Waals surface area contributed by atoms with Gasteiger partial charge in [-0.3, -0.25) is 0 Å². The average Bonchev–Trinajstić information content (AvgIpc) is 2.59. The topological polar surface area (TPSA) is 0 Å². The molecule has 2 heterocycles. The van der Waals surface area contributed by atoms with Crippen LogP contribution in [0.15, 0.2) is 58.3 Å². The Hall–Kier alpha value is -0.160. The van der Waals surface area contributed by atoms with Crippen LogP contribution in [0.5, 0.6) is 0 Å². The molecular weight excluding hydrogens is 344 g/mol. The molecular formula is C18H18S4. The maximum Gasteiger partial charge on any atom is 0.0656 e. The number of fused-ring (bicyclic) bond motifs is 2. The lowest BCUT2D eigenvalue weighted by Gasteiger charge is -2.27. The number of aryl methyl sites for hydroxylation is 2. The monoisotopic (exact) mass is 362 g/mol. The molecule has 0 fully saturated rings. The molecule has 0 nitrogen and oxygen atoms in total. The molecule has 2 aliphatic heterocycles. The van der Waals surface area contributed by atoms with Crippen molar-refractivity contribution >= 4 is 45.1 Å². The molecule has 2 atom stereocenters. The third kappa shape index (κ3) is 3.50. The van der Waals surface area contributed by atoms with Crippen molar-refractivity contribution in [2.45, 2.75) is 44.6 Å². The third-order valence-electron chi connectivity index (χ3n) is 4.03. The first kappa shape index (κ1) is 15.4. The first-order chi connectivity index (χ1) is 10.9. The molecule has 0 spiro atoms. The molecule has 2 aromatic carbocycles. The van der Waals surface area contributed by atoms with E-state index in [1.165, 1.54) is 46.6 Å². The minimum Gasteiger partial charge on any atom is -0.111 e. The predicted octanol–water partition coefficient (Wildman–Crippen LogP) is 6.50. The highest BCUT2D eigenvalue weighted by molar-refractivity contribution is 8.80. The van der Waals surface area contributed by atoms with Crippen LogP contribution in [0, 0.1) is 0 Å². The van der Waals surface area contributed by atoms with Crippen LogP contribution in [0.3, 0.4) is 0 Å². The van der Waals surface area contributed by atoms with Crippen LogP contribution in [-0.4, -0.2) is 9.16 Å². The fourth-order valence-corrected chi connectivity index (χ4v) is 9.31. The van der Waals surface area contributed by atoms with Crippen LogP contribution < -0.4 is 0 Å². The quantitative estimate of drug-likeness (QED) is 0.571. The van der Waals surface area contributed by atoms with Crippen LogP contribution >= 0.6 is 45.1 Å². The van der Waals surface area contributed by atoms with Gasteiger partial charge in [0.2, 0.25) is 0 Å². The minimum atomic E-state index is 0.706. The summed E-state index contributed by atoms with van der Waals surface area (Å²) in [4.78, 5) is 2.99. The molecule has 2 aliphatic rings. The van der Waals surface area contributed by atoms with Crippen LogP contribution in [0.2, 0.25) is 0 Å². The number of rotatable bonds is 3. The molecule has 0 radical (unpaired) electrons. The fraction of sp³-hybridized carbons (Fsp3) is 0.333. The van der Waals surface area contributed by atoms with E-state index in [0.717, 1.165) is 0 Å². The van der Waals surface area contributed by atoms with E-state index in [9.17, 15) is 0 Å². The Balaban J connectivity index is 1.33. The van der Waals surface area contributed by atoms with Crippen LogP contribution in [0.1, 0.15) is 24.0 Å². The minimum absolute atomic E-state index is 0.706. The first-order valence-electron chi connectivity index (χ1n) is 7.70. The molecule has 4 rings (SSSR count). The Kier molecular flexibility index (Phi) is 5.01. The highest BCUT2D eigenvalue weighted by Crippen LogP contribution is 2.51. The van der Waals surface area contributed by atoms with Gasteiger partial charge in [0.1, 0.15) is 0 Å². The van der Waals surface area contributed by atoms with E-state index in [4.69, 9.17) is 0 Å². The Morgan fingerprint density at radius 1 is 0.682 bits per heavy atom. The molecule has 0 saturated heterocycles. The van der Waals surface area contributed by atoms with Crippen molar-refractivity contribution in [2.75, 3.05) is 0 Å². The number of hydrogen-bond acceptors (Lipinski definition) is 4. The standard InChI is InChI=1S/C18H18S4/c1-3-7-15-13(5-1)9-11-17(19-15)21-22-18-12-10-14-6-2-4-8-16(14)20-18/h1-8,17-18H,9-12H2. The maximum absolute atomic E-state index is 2.28. The normalized spacial score (nSPS) is 23.6. The van der Waals surface area contributed by atoms with Gasteiger partial charge in [-0.05, 0) is 48.9 Å². The summed E-state index contributed by atoms with van der Waals surface area (Å²) in [7, 11) is 4.20. The molecule has 114 valence electrons. The zero-order valence-corrected chi connectivity index (χ0v) is 15.5. The summed E-state index contributed by atoms with van der Waals surface area (Å²) in [6.07, 6.45) is 5.07. The molecule has 22 heavy (non-hydrogen) atoms. The lowest BCUT2D eigenvalue weighted by atomic mass is 10.1. The van der Waals surface area contributed by atoms with Gasteiger partial charge in [0.05, 0.1) is 9.16 Å². The van der Waals surface area contributed by atoms with Crippen molar-refractivity contribution in [3.8, 4) is 0 Å². The second-order valence-electron chi connectivity index (χ2n) is 5.58. The van der Waals surface area contributed by atoms with E-state index in [-0.39, 0.29) is 0 Å². The SMILES string of the molecule is c1ccc2c(c1)CCC(SSC1CCc3ccccc3S1)S2. The zero-order chi connectivity index (χ0) is 14.8. The van der Waals surface area contributed by atoms with Gasteiger partial charge in [0, 0.05) is 9.79 Å². The van der Waals surface area contributed by atoms with Gasteiger partial charge >= 0.3 is 0 Å². The molecule has 0 saturated carbocycles. The second-order valence-corrected chi connectivity index (χ2v) is 11.3. The van der Waals surface area contributed by atoms with Crippen LogP contribution in [-0.2, 0) is 12.8 Å². The number of hydrogen-bond donors (Lipinski definition) is 0. The lowest BCUT2D eigenvalue weighted by molar-refractivity contribution is 0.862. The smallest absolute Gasteiger partial charge is 0.0656 e. The number of thioether (sulfide) groups is 2. The summed E-state index contributed by atoms with van der Waals surface area (Å²) < 4.78 is 1.41. The van der Waals surface area contributed by atoms with Gasteiger partial charge in [-0.15, -0.1) is 23.5 Å². The Morgan fingerprint density at radius 3 is 1.64 bits per heavy atom. The maximum atomic E-state index is 2.28. The second kappa shape index (κ2) is 7.16. The van der Waals surface area contributed by atoms with Gasteiger partial charge < -0.3 is 0 Å². The Labute approximate surface area is 149 Å². The molecule has 0 N–H and O–H groups in total. The predicted molar refractivity (Wildman–Crippen MR) is 104 cm³/mol. The van der Waals surface area contributed by atoms with Crippen molar-refractivity contribution < 1.29 is 0 Å². The molecule has 0 amide bonds. The van der Waals surface area contributed by atoms with Crippen LogP contribution in [0.4, 0.5) is 0 Å². The van der Waals surface area contributed by atoms with Gasteiger partial charge in [-0.2, -0.15) is 0 Å². The molecule has 0 aromatic heterocycles. The highest BCUT2D eigenvalue weighted by atomic mass is 33.1. The van der Waals surface area contributed by atoms with E-state index in [1.54, 1.807) is 0 Å². The zero-order valence-electron chi connectivity index (χ0n) is 12.2. The van der Waals surface area contributed by atoms with Crippen molar-refractivity contribution in [1.29, 1.82) is 0 Å². The molecule has 2 aromatic rings. The summed E-state index contributed by atoms with van der Waals surface area (Å²) in [6.45, 7) is 0. The van der Waals surface area contributed by atoms with Crippen molar-refractivity contribution in [3.63, 3.8) is 0 Å². The summed E-state index contributed by atoms with van der Waals surface area (Å²) in [6, 6.07) is 17.8. The van der Waals surface area contributed by atoms with Crippen molar-refractivity contribution in [2.24, 2.45) is 0 Å². The van der Waals surface area contributed by atoms with E-state index < -0.39 is 0 Å². The summed E-state index contributed by atoms with van der Waals surface area (Å²) in [5.41, 5.74) is 3.07. The summed E-state index contributed by atoms with van der Waals surface area (Å²) >= 11 is 4.13. The van der Waals surface area contributed by atoms with Gasteiger partial charge in [-0.25, -0.2) is 0 Å². The third-order valence-corrected chi connectivity index (χ3v) is 11.0. The summed E-state index contributed by atoms with van der Waals surface area (Å²) in [5, 5.41) is 0. The lowest BCUT2D eigenvalue weighted by Crippen LogP contribution is -2.09. The molecule has 2 unspecified atom stereocenters. The fourth-order valence-electron chi connectivity index (χ4n) is 2.86. The first-order valence-corrected chi connectivity index (χ1v) is 11.7. The van der Waals surface area contributed by atoms with E-state index in [1.807, 2.05) is 0 Å². The van der Waals surface area contributed by atoms with E-state index >= 15 is 0 Å². The molecule has 0 aliphatic carbocycles. The van der Waals surface area contributed by atoms with Crippen molar-refractivity contribution in [1.82, 2.24) is 0 Å². The van der Waals surface area contributed by atoms with Crippen molar-refractivity contribution in [3.05, 3.63) is 59.7 Å². The van der Waals surface area contributed by atoms with Crippen LogP contribution in [0.25, 0.3) is 0 Å². The van der Waals surface area contributed by atoms with Gasteiger partial charge in [-0.1, -0.05) is 58.0 Å². The Morgan fingerprint density at radius 2 is 1.14 bits per heavy atom. The average molecular weight is 363 g/mol. The largest absolute Gasteiger partial charge is 0.111 e. The highest BCUT2D eigenvalue weighted by Gasteiger charge is 2.24. The van der Waals surface area contributed by atoms with Gasteiger partial charge in [0.25, 0.3) is 0 Å². The van der Waals surface area contributed by atoms with Gasteiger partial charge in [0.15, 0.2) is 0 Å². The Bertz CT molecular complexity index is 598. The van der Waals surface area contributed by atoms with E-state index in [0.29, 0.717) is 9.16 Å². The molecule has 4 heteroatoms.